The fraction of sp³-hybridized carbons (Fsp3) is 0.273. The minimum Gasteiger partial charge on any atom is -0.497 e. The first-order chi connectivity index (χ1) is 15.4. The lowest BCUT2D eigenvalue weighted by Gasteiger charge is -2.30. The van der Waals surface area contributed by atoms with Crippen LogP contribution in [-0.2, 0) is 14.8 Å². The molecule has 32 heavy (non-hydrogen) atoms. The van der Waals surface area contributed by atoms with Gasteiger partial charge in [0.05, 0.1) is 12.8 Å². The van der Waals surface area contributed by atoms with E-state index in [9.17, 15) is 17.6 Å². The number of thiazole rings is 1. The van der Waals surface area contributed by atoms with Crippen LogP contribution in [0.2, 0.25) is 0 Å². The van der Waals surface area contributed by atoms with E-state index in [2.05, 4.69) is 10.3 Å². The molecule has 7 nitrogen and oxygen atoms in total. The SMILES string of the molecule is COc1ccc(-c2csc(NC(=O)C3CCN(S(=O)(=O)c4ccccc4F)CC3)n2)cc1. The van der Waals surface area contributed by atoms with Crippen LogP contribution in [0.5, 0.6) is 5.75 Å². The van der Waals surface area contributed by atoms with Gasteiger partial charge >= 0.3 is 0 Å². The third kappa shape index (κ3) is 4.67. The van der Waals surface area contributed by atoms with Gasteiger partial charge in [-0.2, -0.15) is 4.31 Å². The molecule has 1 amide bonds. The van der Waals surface area contributed by atoms with Gasteiger partial charge in [0.15, 0.2) is 5.13 Å². The second-order valence-electron chi connectivity index (χ2n) is 7.36. The maximum Gasteiger partial charge on any atom is 0.245 e. The molecule has 4 rings (SSSR count). The lowest BCUT2D eigenvalue weighted by molar-refractivity contribution is -0.120. The number of piperidine rings is 1. The van der Waals surface area contributed by atoms with Gasteiger partial charge in [-0.15, -0.1) is 11.3 Å². The van der Waals surface area contributed by atoms with E-state index in [-0.39, 0.29) is 29.8 Å². The highest BCUT2D eigenvalue weighted by Gasteiger charge is 2.33. The Balaban J connectivity index is 1.36. The molecule has 1 aliphatic heterocycles. The molecule has 0 aliphatic carbocycles. The topological polar surface area (TPSA) is 88.6 Å². The smallest absolute Gasteiger partial charge is 0.245 e. The molecule has 0 saturated carbocycles. The average Bonchev–Trinajstić information content (AvgIpc) is 3.28. The number of halogens is 1. The number of nitrogens with zero attached hydrogens (tertiary/aromatic N) is 2. The van der Waals surface area contributed by atoms with Gasteiger partial charge in [-0.05, 0) is 49.2 Å². The van der Waals surface area contributed by atoms with E-state index < -0.39 is 15.8 Å². The maximum atomic E-state index is 14.0. The monoisotopic (exact) mass is 475 g/mol. The van der Waals surface area contributed by atoms with Crippen molar-refractivity contribution in [2.75, 3.05) is 25.5 Å². The van der Waals surface area contributed by atoms with Crippen molar-refractivity contribution in [3.05, 3.63) is 59.7 Å². The van der Waals surface area contributed by atoms with Crippen LogP contribution in [0.25, 0.3) is 11.3 Å². The molecule has 0 bridgehead atoms. The third-order valence-electron chi connectivity index (χ3n) is 5.40. The molecule has 2 aromatic carbocycles. The molecule has 1 aromatic heterocycles. The normalized spacial score (nSPS) is 15.4. The van der Waals surface area contributed by atoms with Crippen LogP contribution >= 0.6 is 11.3 Å². The molecule has 3 aromatic rings. The molecule has 2 heterocycles. The van der Waals surface area contributed by atoms with Gasteiger partial charge in [-0.1, -0.05) is 12.1 Å². The lowest BCUT2D eigenvalue weighted by atomic mass is 9.97. The number of hydrogen-bond donors (Lipinski definition) is 1. The molecular weight excluding hydrogens is 453 g/mol. The quantitative estimate of drug-likeness (QED) is 0.582. The van der Waals surface area contributed by atoms with Crippen molar-refractivity contribution < 1.29 is 22.3 Å². The molecule has 0 unspecified atom stereocenters. The Hall–Kier alpha value is -2.82. The van der Waals surface area contributed by atoms with Crippen LogP contribution in [0.3, 0.4) is 0 Å². The molecule has 0 atom stereocenters. The van der Waals surface area contributed by atoms with E-state index in [4.69, 9.17) is 4.74 Å². The zero-order valence-electron chi connectivity index (χ0n) is 17.3. The Morgan fingerprint density at radius 2 is 1.84 bits per heavy atom. The minimum atomic E-state index is -3.93. The number of amides is 1. The number of aromatic nitrogens is 1. The molecular formula is C22H22FN3O4S2. The van der Waals surface area contributed by atoms with Crippen LogP contribution < -0.4 is 10.1 Å². The van der Waals surface area contributed by atoms with E-state index in [1.54, 1.807) is 7.11 Å². The zero-order valence-corrected chi connectivity index (χ0v) is 19.0. The summed E-state index contributed by atoms with van der Waals surface area (Å²) in [6.45, 7) is 0.313. The molecule has 1 aliphatic rings. The maximum absolute atomic E-state index is 14.0. The highest BCUT2D eigenvalue weighted by molar-refractivity contribution is 7.89. The second-order valence-corrected chi connectivity index (χ2v) is 10.1. The average molecular weight is 476 g/mol. The first-order valence-electron chi connectivity index (χ1n) is 10.0. The Kier molecular flexibility index (Phi) is 6.54. The summed E-state index contributed by atoms with van der Waals surface area (Å²) in [5, 5.41) is 5.18. The molecule has 1 saturated heterocycles. The van der Waals surface area contributed by atoms with Crippen LogP contribution in [0.15, 0.2) is 58.8 Å². The second kappa shape index (κ2) is 9.35. The lowest BCUT2D eigenvalue weighted by Crippen LogP contribution is -2.41. The largest absolute Gasteiger partial charge is 0.497 e. The molecule has 0 radical (unpaired) electrons. The minimum absolute atomic E-state index is 0.156. The molecule has 168 valence electrons. The number of carbonyl (C=O) groups is 1. The fourth-order valence-electron chi connectivity index (χ4n) is 3.58. The number of methoxy groups -OCH3 is 1. The van der Waals surface area contributed by atoms with Gasteiger partial charge in [0.25, 0.3) is 0 Å². The highest BCUT2D eigenvalue weighted by Crippen LogP contribution is 2.29. The summed E-state index contributed by atoms with van der Waals surface area (Å²) in [7, 11) is -2.32. The van der Waals surface area contributed by atoms with Crippen molar-refractivity contribution >= 4 is 32.4 Å². The van der Waals surface area contributed by atoms with Crippen molar-refractivity contribution in [3.63, 3.8) is 0 Å². The van der Waals surface area contributed by atoms with Gasteiger partial charge in [0.2, 0.25) is 15.9 Å². The summed E-state index contributed by atoms with van der Waals surface area (Å²) in [4.78, 5) is 16.8. The number of hydrogen-bond acceptors (Lipinski definition) is 6. The van der Waals surface area contributed by atoms with Crippen molar-refractivity contribution in [3.8, 4) is 17.0 Å². The summed E-state index contributed by atoms with van der Waals surface area (Å²) in [6, 6.07) is 12.8. The standard InChI is InChI=1S/C22H22FN3O4S2/c1-30-17-8-6-15(7-9-17)19-14-31-22(24-19)25-21(27)16-10-12-26(13-11-16)32(28,29)20-5-3-2-4-18(20)23/h2-9,14,16H,10-13H2,1H3,(H,24,25,27). The number of anilines is 1. The van der Waals surface area contributed by atoms with Crippen LogP contribution in [0, 0.1) is 11.7 Å². The first kappa shape index (κ1) is 22.4. The number of rotatable bonds is 6. The fourth-order valence-corrected chi connectivity index (χ4v) is 5.84. The molecule has 10 heteroatoms. The molecule has 1 fully saturated rings. The summed E-state index contributed by atoms with van der Waals surface area (Å²) in [5.74, 6) is -0.552. The molecule has 0 spiro atoms. The van der Waals surface area contributed by atoms with Gasteiger partial charge in [0.1, 0.15) is 16.5 Å². The van der Waals surface area contributed by atoms with Crippen molar-refractivity contribution in [1.82, 2.24) is 9.29 Å². The predicted molar refractivity (Wildman–Crippen MR) is 121 cm³/mol. The van der Waals surface area contributed by atoms with Crippen molar-refractivity contribution in [1.29, 1.82) is 0 Å². The zero-order chi connectivity index (χ0) is 22.7. The number of nitrogens with one attached hydrogen (secondary N) is 1. The number of sulfonamides is 1. The number of carbonyl (C=O) groups excluding carboxylic acids is 1. The highest BCUT2D eigenvalue weighted by atomic mass is 32.2. The van der Waals surface area contributed by atoms with E-state index in [0.717, 1.165) is 23.1 Å². The third-order valence-corrected chi connectivity index (χ3v) is 8.09. The van der Waals surface area contributed by atoms with Crippen LogP contribution in [0.1, 0.15) is 12.8 Å². The van der Waals surface area contributed by atoms with E-state index in [0.29, 0.717) is 18.0 Å². The van der Waals surface area contributed by atoms with Crippen molar-refractivity contribution in [2.24, 2.45) is 5.92 Å². The summed E-state index contributed by atoms with van der Waals surface area (Å²) >= 11 is 1.33. The number of benzene rings is 2. The van der Waals surface area contributed by atoms with Gasteiger partial charge < -0.3 is 10.1 Å². The Labute approximate surface area is 189 Å². The summed E-state index contributed by atoms with van der Waals surface area (Å²) < 4.78 is 45.8. The Morgan fingerprint density at radius 1 is 1.16 bits per heavy atom. The van der Waals surface area contributed by atoms with Gasteiger partial charge in [0, 0.05) is 30.0 Å². The molecule has 1 N–H and O–H groups in total. The van der Waals surface area contributed by atoms with Crippen molar-refractivity contribution in [2.45, 2.75) is 17.7 Å². The van der Waals surface area contributed by atoms with E-state index in [1.165, 1.54) is 33.8 Å². The van der Waals surface area contributed by atoms with Gasteiger partial charge in [-0.3, -0.25) is 4.79 Å². The van der Waals surface area contributed by atoms with E-state index in [1.807, 2.05) is 29.6 Å². The first-order valence-corrected chi connectivity index (χ1v) is 12.4. The summed E-state index contributed by atoms with van der Waals surface area (Å²) in [6.07, 6.45) is 0.715. The van der Waals surface area contributed by atoms with Crippen LogP contribution in [-0.4, -0.2) is 43.8 Å². The summed E-state index contributed by atoms with van der Waals surface area (Å²) in [5.41, 5.74) is 1.66. The van der Waals surface area contributed by atoms with E-state index >= 15 is 0 Å². The number of ether oxygens (including phenoxy) is 1. The van der Waals surface area contributed by atoms with Crippen LogP contribution in [0.4, 0.5) is 9.52 Å². The predicted octanol–water partition coefficient (Wildman–Crippen LogP) is 4.00. The van der Waals surface area contributed by atoms with Gasteiger partial charge in [-0.25, -0.2) is 17.8 Å². The Bertz CT molecular complexity index is 1200. The Morgan fingerprint density at radius 3 is 2.50 bits per heavy atom.